The minimum Gasteiger partial charge on any atom is -0.314 e. The lowest BCUT2D eigenvalue weighted by Gasteiger charge is -1.99. The van der Waals surface area contributed by atoms with E-state index in [1.807, 2.05) is 13.2 Å². The van der Waals surface area contributed by atoms with E-state index in [0.717, 1.165) is 18.0 Å². The zero-order valence-electron chi connectivity index (χ0n) is 9.66. The largest absolute Gasteiger partial charge is 0.314 e. The fraction of sp³-hybridized carbons (Fsp3) is 0.308. The third-order valence-electron chi connectivity index (χ3n) is 2.53. The first-order chi connectivity index (χ1) is 7.83. The van der Waals surface area contributed by atoms with Gasteiger partial charge in [-0.15, -0.1) is 11.3 Å². The van der Waals surface area contributed by atoms with Crippen LogP contribution in [0.5, 0.6) is 0 Å². The zero-order valence-corrected chi connectivity index (χ0v) is 10.5. The molecule has 1 aromatic heterocycles. The summed E-state index contributed by atoms with van der Waals surface area (Å²) in [5, 5.41) is 4.25. The molecule has 0 amide bonds. The van der Waals surface area contributed by atoms with E-state index in [9.17, 15) is 0 Å². The maximum absolute atomic E-state index is 4.38. The minimum atomic E-state index is 0.845. The van der Waals surface area contributed by atoms with Gasteiger partial charge in [-0.2, -0.15) is 0 Å². The molecule has 0 fully saturated rings. The number of hydrogen-bond acceptors (Lipinski definition) is 3. The SMILES string of the molecule is CCc1ccc(-c2cnc(CNC)s2)cc1. The molecule has 0 spiro atoms. The van der Waals surface area contributed by atoms with Crippen LogP contribution in [0.4, 0.5) is 0 Å². The molecule has 1 N–H and O–H groups in total. The Labute approximate surface area is 100 Å². The van der Waals surface area contributed by atoms with Gasteiger partial charge in [0.1, 0.15) is 5.01 Å². The normalized spacial score (nSPS) is 10.6. The first-order valence-corrected chi connectivity index (χ1v) is 6.33. The molecular formula is C13H16N2S. The van der Waals surface area contributed by atoms with Crippen LogP contribution in [0.2, 0.25) is 0 Å². The van der Waals surface area contributed by atoms with Gasteiger partial charge >= 0.3 is 0 Å². The molecular weight excluding hydrogens is 216 g/mol. The van der Waals surface area contributed by atoms with Crippen molar-refractivity contribution in [2.75, 3.05) is 7.05 Å². The first kappa shape index (κ1) is 11.3. The van der Waals surface area contributed by atoms with Gasteiger partial charge in [0.25, 0.3) is 0 Å². The molecule has 2 nitrogen and oxygen atoms in total. The van der Waals surface area contributed by atoms with Gasteiger partial charge in [0, 0.05) is 12.7 Å². The van der Waals surface area contributed by atoms with Crippen molar-refractivity contribution in [3.05, 3.63) is 41.0 Å². The summed E-state index contributed by atoms with van der Waals surface area (Å²) in [4.78, 5) is 5.62. The van der Waals surface area contributed by atoms with Crippen LogP contribution in [0.3, 0.4) is 0 Å². The quantitative estimate of drug-likeness (QED) is 0.876. The summed E-state index contributed by atoms with van der Waals surface area (Å²) < 4.78 is 0. The molecule has 0 unspecified atom stereocenters. The second-order valence-electron chi connectivity index (χ2n) is 3.70. The topological polar surface area (TPSA) is 24.9 Å². The van der Waals surface area contributed by atoms with Crippen molar-refractivity contribution >= 4 is 11.3 Å². The standard InChI is InChI=1S/C13H16N2S/c1-3-10-4-6-11(7-5-10)12-8-15-13(16-12)9-14-2/h4-8,14H,3,9H2,1-2H3. The van der Waals surface area contributed by atoms with Gasteiger partial charge in [0.2, 0.25) is 0 Å². The first-order valence-electron chi connectivity index (χ1n) is 5.52. The Hall–Kier alpha value is -1.19. The van der Waals surface area contributed by atoms with Crippen molar-refractivity contribution < 1.29 is 0 Å². The van der Waals surface area contributed by atoms with Crippen LogP contribution >= 0.6 is 11.3 Å². The second kappa shape index (κ2) is 5.23. The van der Waals surface area contributed by atoms with Crippen LogP contribution in [0, 0.1) is 0 Å². The average Bonchev–Trinajstić information content (AvgIpc) is 2.78. The number of nitrogens with one attached hydrogen (secondary N) is 1. The van der Waals surface area contributed by atoms with Crippen molar-refractivity contribution in [1.82, 2.24) is 10.3 Å². The highest BCUT2D eigenvalue weighted by Gasteiger charge is 2.03. The number of benzene rings is 1. The molecule has 1 heterocycles. The summed E-state index contributed by atoms with van der Waals surface area (Å²) >= 11 is 1.75. The second-order valence-corrected chi connectivity index (χ2v) is 4.81. The van der Waals surface area contributed by atoms with Crippen molar-refractivity contribution in [1.29, 1.82) is 0 Å². The Morgan fingerprint density at radius 2 is 2.00 bits per heavy atom. The minimum absolute atomic E-state index is 0.845. The monoisotopic (exact) mass is 232 g/mol. The van der Waals surface area contributed by atoms with E-state index in [0.29, 0.717) is 0 Å². The highest BCUT2D eigenvalue weighted by atomic mass is 32.1. The number of hydrogen-bond donors (Lipinski definition) is 1. The molecule has 0 radical (unpaired) electrons. The molecule has 0 atom stereocenters. The van der Waals surface area contributed by atoms with Gasteiger partial charge < -0.3 is 5.32 Å². The van der Waals surface area contributed by atoms with Gasteiger partial charge in [0.05, 0.1) is 4.88 Å². The Morgan fingerprint density at radius 3 is 2.62 bits per heavy atom. The van der Waals surface area contributed by atoms with Crippen LogP contribution in [0.15, 0.2) is 30.5 Å². The summed E-state index contributed by atoms with van der Waals surface area (Å²) in [5.41, 5.74) is 2.64. The van der Waals surface area contributed by atoms with Gasteiger partial charge in [-0.1, -0.05) is 31.2 Å². The number of aryl methyl sites for hydroxylation is 1. The Kier molecular flexibility index (Phi) is 3.70. The molecule has 0 saturated carbocycles. The van der Waals surface area contributed by atoms with E-state index < -0.39 is 0 Å². The van der Waals surface area contributed by atoms with E-state index in [4.69, 9.17) is 0 Å². The Morgan fingerprint density at radius 1 is 1.25 bits per heavy atom. The Balaban J connectivity index is 2.21. The fourth-order valence-corrected chi connectivity index (χ4v) is 2.52. The summed E-state index contributed by atoms with van der Waals surface area (Å²) in [6, 6.07) is 8.73. The third kappa shape index (κ3) is 2.49. The van der Waals surface area contributed by atoms with Crippen LogP contribution in [0.25, 0.3) is 10.4 Å². The summed E-state index contributed by atoms with van der Waals surface area (Å²) in [6.45, 7) is 3.02. The third-order valence-corrected chi connectivity index (χ3v) is 3.57. The maximum Gasteiger partial charge on any atom is 0.107 e. The number of nitrogens with zero attached hydrogens (tertiary/aromatic N) is 1. The average molecular weight is 232 g/mol. The van der Waals surface area contributed by atoms with Crippen LogP contribution < -0.4 is 5.32 Å². The van der Waals surface area contributed by atoms with Gasteiger partial charge in [-0.25, -0.2) is 4.98 Å². The summed E-state index contributed by atoms with van der Waals surface area (Å²) in [6.07, 6.45) is 3.05. The summed E-state index contributed by atoms with van der Waals surface area (Å²) in [7, 11) is 1.94. The molecule has 2 aromatic rings. The fourth-order valence-electron chi connectivity index (χ4n) is 1.58. The maximum atomic E-state index is 4.38. The summed E-state index contributed by atoms with van der Waals surface area (Å²) in [5.74, 6) is 0. The van der Waals surface area contributed by atoms with Gasteiger partial charge in [-0.3, -0.25) is 0 Å². The molecule has 0 bridgehead atoms. The number of aromatic nitrogens is 1. The van der Waals surface area contributed by atoms with Crippen molar-refractivity contribution in [2.45, 2.75) is 19.9 Å². The van der Waals surface area contributed by atoms with Crippen LogP contribution in [-0.4, -0.2) is 12.0 Å². The van der Waals surface area contributed by atoms with Crippen molar-refractivity contribution in [3.8, 4) is 10.4 Å². The van der Waals surface area contributed by atoms with Gasteiger partial charge in [-0.05, 0) is 24.6 Å². The smallest absolute Gasteiger partial charge is 0.107 e. The van der Waals surface area contributed by atoms with Crippen LogP contribution in [0.1, 0.15) is 17.5 Å². The van der Waals surface area contributed by atoms with E-state index in [1.165, 1.54) is 16.0 Å². The predicted molar refractivity (Wildman–Crippen MR) is 69.7 cm³/mol. The van der Waals surface area contributed by atoms with Crippen molar-refractivity contribution in [2.24, 2.45) is 0 Å². The van der Waals surface area contributed by atoms with Gasteiger partial charge in [0.15, 0.2) is 0 Å². The molecule has 16 heavy (non-hydrogen) atoms. The van der Waals surface area contributed by atoms with E-state index in [1.54, 1.807) is 11.3 Å². The Bertz CT molecular complexity index is 445. The highest BCUT2D eigenvalue weighted by Crippen LogP contribution is 2.26. The van der Waals surface area contributed by atoms with E-state index in [2.05, 4.69) is 41.5 Å². The molecule has 84 valence electrons. The molecule has 2 rings (SSSR count). The molecule has 0 aliphatic heterocycles. The van der Waals surface area contributed by atoms with E-state index in [-0.39, 0.29) is 0 Å². The molecule has 0 saturated heterocycles. The van der Waals surface area contributed by atoms with Crippen molar-refractivity contribution in [3.63, 3.8) is 0 Å². The predicted octanol–water partition coefficient (Wildman–Crippen LogP) is 3.09. The van der Waals surface area contributed by atoms with Crippen LogP contribution in [-0.2, 0) is 13.0 Å². The lowest BCUT2D eigenvalue weighted by Crippen LogP contribution is -2.03. The van der Waals surface area contributed by atoms with E-state index >= 15 is 0 Å². The highest BCUT2D eigenvalue weighted by molar-refractivity contribution is 7.15. The number of thiazole rings is 1. The molecule has 0 aliphatic rings. The molecule has 1 aromatic carbocycles. The molecule has 3 heteroatoms. The lowest BCUT2D eigenvalue weighted by molar-refractivity contribution is 0.810. The zero-order chi connectivity index (χ0) is 11.4. The molecule has 0 aliphatic carbocycles. The number of rotatable bonds is 4. The lowest BCUT2D eigenvalue weighted by atomic mass is 10.1.